The Morgan fingerprint density at radius 2 is 2.22 bits per heavy atom. The number of carbonyl (C=O) groups excluding carboxylic acids is 1. The first-order valence-corrected chi connectivity index (χ1v) is 6.09. The Hall–Kier alpha value is -1.46. The van der Waals surface area contributed by atoms with Crippen LogP contribution in [0.1, 0.15) is 18.1 Å². The summed E-state index contributed by atoms with van der Waals surface area (Å²) in [7, 11) is 0. The molecule has 1 heterocycles. The number of hydrogen-bond acceptors (Lipinski definition) is 3. The maximum Gasteiger partial charge on any atom is 0.224 e. The predicted octanol–water partition coefficient (Wildman–Crippen LogP) is 0.585. The zero-order valence-corrected chi connectivity index (χ0v) is 10.0. The lowest BCUT2D eigenvalue weighted by molar-refractivity contribution is -0.124. The van der Waals surface area contributed by atoms with Gasteiger partial charge in [-0.3, -0.25) is 4.79 Å². The molecule has 4 nitrogen and oxygen atoms in total. The third kappa shape index (κ3) is 3.27. The van der Waals surface area contributed by atoms with Crippen LogP contribution in [0.2, 0.25) is 0 Å². The minimum absolute atomic E-state index is 0.00887. The summed E-state index contributed by atoms with van der Waals surface area (Å²) in [5.74, 6) is -0.390. The van der Waals surface area contributed by atoms with Gasteiger partial charge in [-0.05, 0) is 30.7 Å². The van der Waals surface area contributed by atoms with E-state index in [0.717, 1.165) is 13.0 Å². The molecule has 1 aromatic carbocycles. The second-order valence-corrected chi connectivity index (χ2v) is 4.50. The molecule has 1 aliphatic heterocycles. The molecule has 1 aromatic rings. The summed E-state index contributed by atoms with van der Waals surface area (Å²) < 4.78 is 12.7. The van der Waals surface area contributed by atoms with Crippen molar-refractivity contribution in [3.63, 3.8) is 0 Å². The Kier molecular flexibility index (Phi) is 4.28. The maximum atomic E-state index is 12.7. The molecule has 0 aromatic heterocycles. The van der Waals surface area contributed by atoms with E-state index in [1.807, 2.05) is 0 Å². The smallest absolute Gasteiger partial charge is 0.224 e. The number of hydrogen-bond donors (Lipinski definition) is 3. The van der Waals surface area contributed by atoms with Crippen molar-refractivity contribution in [2.24, 2.45) is 5.92 Å². The fourth-order valence-electron chi connectivity index (χ4n) is 2.02. The van der Waals surface area contributed by atoms with Gasteiger partial charge in [-0.25, -0.2) is 4.39 Å². The SMILES string of the molecule is O=C(NCC(O)c1ccc(F)cc1)C1CCNC1. The van der Waals surface area contributed by atoms with Gasteiger partial charge >= 0.3 is 0 Å². The van der Waals surface area contributed by atoms with E-state index < -0.39 is 6.10 Å². The first-order chi connectivity index (χ1) is 8.66. The summed E-state index contributed by atoms with van der Waals surface area (Å²) in [4.78, 5) is 11.7. The average molecular weight is 252 g/mol. The van der Waals surface area contributed by atoms with Crippen LogP contribution < -0.4 is 10.6 Å². The molecule has 98 valence electrons. The van der Waals surface area contributed by atoms with Gasteiger partial charge in [0.05, 0.1) is 12.0 Å². The summed E-state index contributed by atoms with van der Waals surface area (Å²) in [6.45, 7) is 1.71. The second-order valence-electron chi connectivity index (χ2n) is 4.50. The Morgan fingerprint density at radius 3 is 2.83 bits per heavy atom. The molecule has 0 radical (unpaired) electrons. The van der Waals surface area contributed by atoms with E-state index >= 15 is 0 Å². The Bertz CT molecular complexity index is 402. The summed E-state index contributed by atoms with van der Waals surface area (Å²) >= 11 is 0. The van der Waals surface area contributed by atoms with Crippen molar-refractivity contribution in [1.82, 2.24) is 10.6 Å². The van der Waals surface area contributed by atoms with E-state index in [1.54, 1.807) is 0 Å². The van der Waals surface area contributed by atoms with E-state index in [4.69, 9.17) is 0 Å². The van der Waals surface area contributed by atoms with Gasteiger partial charge in [-0.2, -0.15) is 0 Å². The summed E-state index contributed by atoms with van der Waals surface area (Å²) in [5, 5.41) is 15.7. The van der Waals surface area contributed by atoms with Crippen molar-refractivity contribution in [2.75, 3.05) is 19.6 Å². The molecule has 5 heteroatoms. The first kappa shape index (κ1) is 13.0. The van der Waals surface area contributed by atoms with Gasteiger partial charge in [0, 0.05) is 13.1 Å². The van der Waals surface area contributed by atoms with E-state index in [9.17, 15) is 14.3 Å². The molecular formula is C13H17FN2O2. The summed E-state index contributed by atoms with van der Waals surface area (Å²) in [6.07, 6.45) is 0.0299. The molecule has 1 fully saturated rings. The molecule has 1 aliphatic rings. The Morgan fingerprint density at radius 1 is 1.50 bits per heavy atom. The number of nitrogens with one attached hydrogen (secondary N) is 2. The lowest BCUT2D eigenvalue weighted by Crippen LogP contribution is -2.34. The standard InChI is InChI=1S/C13H17FN2O2/c14-11-3-1-9(2-4-11)12(17)8-16-13(18)10-5-6-15-7-10/h1-4,10,12,15,17H,5-8H2,(H,16,18). The van der Waals surface area contributed by atoms with Gasteiger partial charge in [0.1, 0.15) is 5.82 Å². The average Bonchev–Trinajstić information content (AvgIpc) is 2.90. The third-order valence-corrected chi connectivity index (χ3v) is 3.16. The number of halogens is 1. The number of aliphatic hydroxyl groups excluding tert-OH is 1. The van der Waals surface area contributed by atoms with Crippen LogP contribution in [0.3, 0.4) is 0 Å². The van der Waals surface area contributed by atoms with E-state index in [-0.39, 0.29) is 24.2 Å². The van der Waals surface area contributed by atoms with Crippen LogP contribution in [0.4, 0.5) is 4.39 Å². The minimum Gasteiger partial charge on any atom is -0.387 e. The molecule has 3 N–H and O–H groups in total. The van der Waals surface area contributed by atoms with Gasteiger partial charge < -0.3 is 15.7 Å². The molecule has 0 bridgehead atoms. The first-order valence-electron chi connectivity index (χ1n) is 6.09. The van der Waals surface area contributed by atoms with Crippen molar-refractivity contribution >= 4 is 5.91 Å². The maximum absolute atomic E-state index is 12.7. The van der Waals surface area contributed by atoms with Crippen LogP contribution in [0.5, 0.6) is 0 Å². The molecule has 0 spiro atoms. The zero-order valence-electron chi connectivity index (χ0n) is 10.0. The van der Waals surface area contributed by atoms with Crippen molar-refractivity contribution in [3.05, 3.63) is 35.6 Å². The topological polar surface area (TPSA) is 61.4 Å². The largest absolute Gasteiger partial charge is 0.387 e. The van der Waals surface area contributed by atoms with Gasteiger partial charge in [-0.15, -0.1) is 0 Å². The number of amides is 1. The predicted molar refractivity (Wildman–Crippen MR) is 65.3 cm³/mol. The van der Waals surface area contributed by atoms with Crippen LogP contribution in [0.25, 0.3) is 0 Å². The lowest BCUT2D eigenvalue weighted by atomic mass is 10.1. The summed E-state index contributed by atoms with van der Waals surface area (Å²) in [6, 6.07) is 5.62. The summed E-state index contributed by atoms with van der Waals surface area (Å²) in [5.41, 5.74) is 0.598. The number of benzene rings is 1. The quantitative estimate of drug-likeness (QED) is 0.735. The number of rotatable bonds is 4. The fraction of sp³-hybridized carbons (Fsp3) is 0.462. The highest BCUT2D eigenvalue weighted by Crippen LogP contribution is 2.13. The Labute approximate surface area is 105 Å². The van der Waals surface area contributed by atoms with E-state index in [0.29, 0.717) is 12.1 Å². The lowest BCUT2D eigenvalue weighted by Gasteiger charge is -2.14. The molecule has 18 heavy (non-hydrogen) atoms. The van der Waals surface area contributed by atoms with E-state index in [2.05, 4.69) is 10.6 Å². The van der Waals surface area contributed by atoms with Gasteiger partial charge in [0.2, 0.25) is 5.91 Å². The molecule has 0 aliphatic carbocycles. The molecular weight excluding hydrogens is 235 g/mol. The highest BCUT2D eigenvalue weighted by molar-refractivity contribution is 5.79. The van der Waals surface area contributed by atoms with Gasteiger partial charge in [-0.1, -0.05) is 12.1 Å². The normalized spacial score (nSPS) is 20.7. The Balaban J connectivity index is 1.82. The van der Waals surface area contributed by atoms with Crippen molar-refractivity contribution in [3.8, 4) is 0 Å². The minimum atomic E-state index is -0.802. The van der Waals surface area contributed by atoms with E-state index in [1.165, 1.54) is 24.3 Å². The highest BCUT2D eigenvalue weighted by atomic mass is 19.1. The number of carbonyl (C=O) groups is 1. The monoisotopic (exact) mass is 252 g/mol. The van der Waals surface area contributed by atoms with Crippen molar-refractivity contribution < 1.29 is 14.3 Å². The van der Waals surface area contributed by atoms with Gasteiger partial charge in [0.15, 0.2) is 0 Å². The molecule has 2 atom stereocenters. The molecule has 2 rings (SSSR count). The molecule has 0 saturated carbocycles. The van der Waals surface area contributed by atoms with Crippen molar-refractivity contribution in [2.45, 2.75) is 12.5 Å². The van der Waals surface area contributed by atoms with Crippen molar-refractivity contribution in [1.29, 1.82) is 0 Å². The molecule has 2 unspecified atom stereocenters. The van der Waals surface area contributed by atoms with Gasteiger partial charge in [0.25, 0.3) is 0 Å². The highest BCUT2D eigenvalue weighted by Gasteiger charge is 2.22. The molecule has 1 saturated heterocycles. The van der Waals surface area contributed by atoms with Crippen LogP contribution in [-0.2, 0) is 4.79 Å². The fourth-order valence-corrected chi connectivity index (χ4v) is 2.02. The second kappa shape index (κ2) is 5.93. The van der Waals surface area contributed by atoms with Crippen LogP contribution in [-0.4, -0.2) is 30.6 Å². The zero-order chi connectivity index (χ0) is 13.0. The van der Waals surface area contributed by atoms with Crippen LogP contribution in [0.15, 0.2) is 24.3 Å². The number of aliphatic hydroxyl groups is 1. The third-order valence-electron chi connectivity index (χ3n) is 3.16. The molecule has 1 amide bonds. The van der Waals surface area contributed by atoms with Crippen LogP contribution >= 0.6 is 0 Å². The van der Waals surface area contributed by atoms with Crippen LogP contribution in [0, 0.1) is 11.7 Å².